The van der Waals surface area contributed by atoms with Crippen LogP contribution in [0.5, 0.6) is 0 Å². The molecule has 4 nitrogen and oxygen atoms in total. The van der Waals surface area contributed by atoms with Gasteiger partial charge in [0.05, 0.1) is 0 Å². The number of rotatable bonds is 6. The van der Waals surface area contributed by atoms with E-state index >= 15 is 0 Å². The molecule has 0 aliphatic carbocycles. The molecule has 20 heavy (non-hydrogen) atoms. The third-order valence-corrected chi connectivity index (χ3v) is 2.49. The van der Waals surface area contributed by atoms with E-state index in [0.29, 0.717) is 11.4 Å². The van der Waals surface area contributed by atoms with Crippen molar-refractivity contribution in [2.75, 3.05) is 24.3 Å². The molecule has 112 valence electrons. The first kappa shape index (κ1) is 16.3. The van der Waals surface area contributed by atoms with E-state index in [1.54, 1.807) is 18.2 Å². The summed E-state index contributed by atoms with van der Waals surface area (Å²) in [4.78, 5) is 11.6. The quantitative estimate of drug-likeness (QED) is 0.625. The second kappa shape index (κ2) is 7.14. The van der Waals surface area contributed by atoms with Crippen LogP contribution in [0, 0.1) is 6.92 Å². The maximum atomic E-state index is 11.8. The summed E-state index contributed by atoms with van der Waals surface area (Å²) in [6.45, 7) is 0.424. The van der Waals surface area contributed by atoms with Crippen molar-refractivity contribution in [3.8, 4) is 0 Å². The number of nitrogens with two attached hydrogens (primary N) is 1. The Morgan fingerprint density at radius 1 is 1.40 bits per heavy atom. The minimum atomic E-state index is -4.33. The van der Waals surface area contributed by atoms with Crippen molar-refractivity contribution in [3.63, 3.8) is 0 Å². The van der Waals surface area contributed by atoms with Crippen LogP contribution in [0.25, 0.3) is 0 Å². The zero-order chi connectivity index (χ0) is 15.2. The molecule has 0 heterocycles. The van der Waals surface area contributed by atoms with Gasteiger partial charge in [-0.15, -0.1) is 0 Å². The first-order chi connectivity index (χ1) is 9.28. The second-order valence-electron chi connectivity index (χ2n) is 4.39. The van der Waals surface area contributed by atoms with E-state index in [1.165, 1.54) is 0 Å². The normalized spacial score (nSPS) is 11.4. The fraction of sp³-hybridized carbons (Fsp3) is 0.462. The van der Waals surface area contributed by atoms with E-state index in [1.807, 2.05) is 6.92 Å². The van der Waals surface area contributed by atoms with Crippen LogP contribution in [0.2, 0.25) is 0 Å². The van der Waals surface area contributed by atoms with Gasteiger partial charge in [0.1, 0.15) is 6.61 Å². The lowest BCUT2D eigenvalue weighted by Gasteiger charge is -2.10. The highest BCUT2D eigenvalue weighted by atomic mass is 19.4. The van der Waals surface area contributed by atoms with Crippen molar-refractivity contribution in [2.45, 2.75) is 25.9 Å². The van der Waals surface area contributed by atoms with Gasteiger partial charge in [-0.05, 0) is 31.0 Å². The SMILES string of the molecule is Cc1ccc(N)cc1NC(=O)CCCOCC(F)(F)F. The summed E-state index contributed by atoms with van der Waals surface area (Å²) in [7, 11) is 0. The predicted octanol–water partition coefficient (Wildman–Crippen LogP) is 2.87. The monoisotopic (exact) mass is 290 g/mol. The van der Waals surface area contributed by atoms with Crippen LogP contribution in [-0.4, -0.2) is 25.3 Å². The van der Waals surface area contributed by atoms with Crippen LogP contribution in [0.1, 0.15) is 18.4 Å². The highest BCUT2D eigenvalue weighted by Gasteiger charge is 2.27. The average Bonchev–Trinajstić information content (AvgIpc) is 2.32. The van der Waals surface area contributed by atoms with Crippen LogP contribution >= 0.6 is 0 Å². The first-order valence-electron chi connectivity index (χ1n) is 6.08. The van der Waals surface area contributed by atoms with Crippen molar-refractivity contribution < 1.29 is 22.7 Å². The minimum absolute atomic E-state index is 0.0894. The number of anilines is 2. The second-order valence-corrected chi connectivity index (χ2v) is 4.39. The third kappa shape index (κ3) is 6.42. The van der Waals surface area contributed by atoms with Gasteiger partial charge in [-0.1, -0.05) is 6.07 Å². The Labute approximate surface area is 115 Å². The van der Waals surface area contributed by atoms with Crippen molar-refractivity contribution in [3.05, 3.63) is 23.8 Å². The fourth-order valence-corrected chi connectivity index (χ4v) is 1.51. The Hall–Kier alpha value is -1.76. The van der Waals surface area contributed by atoms with Gasteiger partial charge in [-0.3, -0.25) is 4.79 Å². The topological polar surface area (TPSA) is 64.3 Å². The molecule has 7 heteroatoms. The van der Waals surface area contributed by atoms with Gasteiger partial charge in [0.25, 0.3) is 0 Å². The number of alkyl halides is 3. The average molecular weight is 290 g/mol. The Balaban J connectivity index is 2.29. The lowest BCUT2D eigenvalue weighted by Crippen LogP contribution is -2.18. The van der Waals surface area contributed by atoms with E-state index in [0.717, 1.165) is 5.56 Å². The molecule has 0 atom stereocenters. The number of amides is 1. The largest absolute Gasteiger partial charge is 0.411 e. The lowest BCUT2D eigenvalue weighted by atomic mass is 10.1. The van der Waals surface area contributed by atoms with Gasteiger partial charge in [-0.2, -0.15) is 13.2 Å². The molecule has 0 radical (unpaired) electrons. The highest BCUT2D eigenvalue weighted by Crippen LogP contribution is 2.18. The molecule has 0 bridgehead atoms. The molecule has 0 saturated heterocycles. The molecule has 0 unspecified atom stereocenters. The van der Waals surface area contributed by atoms with Crippen molar-refractivity contribution in [1.82, 2.24) is 0 Å². The van der Waals surface area contributed by atoms with Crippen LogP contribution in [0.4, 0.5) is 24.5 Å². The summed E-state index contributed by atoms with van der Waals surface area (Å²) in [5.74, 6) is -0.283. The highest BCUT2D eigenvalue weighted by molar-refractivity contribution is 5.91. The molecule has 1 aromatic rings. The molecule has 0 aromatic heterocycles. The molecule has 0 fully saturated rings. The number of carbonyl (C=O) groups is 1. The molecule has 0 spiro atoms. The number of carbonyl (C=O) groups excluding carboxylic acids is 1. The van der Waals surface area contributed by atoms with Crippen LogP contribution in [0.15, 0.2) is 18.2 Å². The number of nitrogens with one attached hydrogen (secondary N) is 1. The van der Waals surface area contributed by atoms with Gasteiger partial charge >= 0.3 is 6.18 Å². The Morgan fingerprint density at radius 3 is 2.75 bits per heavy atom. The standard InChI is InChI=1S/C13H17F3N2O2/c1-9-4-5-10(17)7-11(9)18-12(19)3-2-6-20-8-13(14,15)16/h4-5,7H,2-3,6,8,17H2,1H3,(H,18,19). The molecule has 1 amide bonds. The number of hydrogen-bond donors (Lipinski definition) is 2. The summed E-state index contributed by atoms with van der Waals surface area (Å²) < 4.78 is 39.8. The number of nitrogen functional groups attached to an aromatic ring is 1. The molecule has 1 rings (SSSR count). The van der Waals surface area contributed by atoms with E-state index in [2.05, 4.69) is 10.1 Å². The Kier molecular flexibility index (Phi) is 5.82. The molecule has 3 N–H and O–H groups in total. The number of ether oxygens (including phenoxy) is 1. The lowest BCUT2D eigenvalue weighted by molar-refractivity contribution is -0.174. The summed E-state index contributed by atoms with van der Waals surface area (Å²) in [6.07, 6.45) is -4.02. The Bertz CT molecular complexity index is 461. The van der Waals surface area contributed by atoms with E-state index in [9.17, 15) is 18.0 Å². The molecular weight excluding hydrogens is 273 g/mol. The minimum Gasteiger partial charge on any atom is -0.399 e. The van der Waals surface area contributed by atoms with Gasteiger partial charge in [-0.25, -0.2) is 0 Å². The maximum Gasteiger partial charge on any atom is 0.411 e. The van der Waals surface area contributed by atoms with E-state index < -0.39 is 12.8 Å². The first-order valence-corrected chi connectivity index (χ1v) is 6.08. The number of halogens is 3. The fourth-order valence-electron chi connectivity index (χ4n) is 1.51. The van der Waals surface area contributed by atoms with Crippen LogP contribution in [-0.2, 0) is 9.53 Å². The third-order valence-electron chi connectivity index (χ3n) is 2.49. The van der Waals surface area contributed by atoms with Gasteiger partial charge < -0.3 is 15.8 Å². The zero-order valence-corrected chi connectivity index (χ0v) is 11.1. The maximum absolute atomic E-state index is 11.8. The summed E-state index contributed by atoms with van der Waals surface area (Å²) in [5.41, 5.74) is 7.60. The van der Waals surface area contributed by atoms with Crippen molar-refractivity contribution in [2.24, 2.45) is 0 Å². The molecule has 0 aliphatic heterocycles. The summed E-state index contributed by atoms with van der Waals surface area (Å²) in [6, 6.07) is 5.13. The summed E-state index contributed by atoms with van der Waals surface area (Å²) in [5, 5.41) is 2.66. The Morgan fingerprint density at radius 2 is 2.10 bits per heavy atom. The van der Waals surface area contributed by atoms with Crippen molar-refractivity contribution >= 4 is 17.3 Å². The van der Waals surface area contributed by atoms with Crippen LogP contribution < -0.4 is 11.1 Å². The molecule has 0 aliphatic rings. The number of aryl methyl sites for hydroxylation is 1. The van der Waals surface area contributed by atoms with Crippen molar-refractivity contribution in [1.29, 1.82) is 0 Å². The number of benzene rings is 1. The van der Waals surface area contributed by atoms with Crippen LogP contribution in [0.3, 0.4) is 0 Å². The zero-order valence-electron chi connectivity index (χ0n) is 11.1. The van der Waals surface area contributed by atoms with Gasteiger partial charge in [0, 0.05) is 24.4 Å². The summed E-state index contributed by atoms with van der Waals surface area (Å²) >= 11 is 0. The van der Waals surface area contributed by atoms with E-state index in [-0.39, 0.29) is 25.4 Å². The van der Waals surface area contributed by atoms with Gasteiger partial charge in [0.15, 0.2) is 0 Å². The molecule has 0 saturated carbocycles. The predicted molar refractivity (Wildman–Crippen MR) is 70.3 cm³/mol. The molecule has 1 aromatic carbocycles. The molecular formula is C13H17F3N2O2. The van der Waals surface area contributed by atoms with Gasteiger partial charge in [0.2, 0.25) is 5.91 Å². The number of hydrogen-bond acceptors (Lipinski definition) is 3. The smallest absolute Gasteiger partial charge is 0.399 e. The van der Waals surface area contributed by atoms with E-state index in [4.69, 9.17) is 5.73 Å².